The normalized spacial score (nSPS) is 25.8. The van der Waals surface area contributed by atoms with Gasteiger partial charge in [0.05, 0.1) is 48.0 Å². The minimum Gasteiger partial charge on any atom is -0.507 e. The Labute approximate surface area is 345 Å². The molecule has 0 spiro atoms. The highest BCUT2D eigenvalue weighted by Gasteiger charge is 2.68. The van der Waals surface area contributed by atoms with Crippen molar-refractivity contribution in [3.8, 4) is 27.8 Å². The lowest BCUT2D eigenvalue weighted by atomic mass is 9.51. The van der Waals surface area contributed by atoms with Crippen LogP contribution in [0, 0.1) is 39.6 Å². The van der Waals surface area contributed by atoms with E-state index in [-0.39, 0.29) is 36.2 Å². The third kappa shape index (κ3) is 5.15. The van der Waals surface area contributed by atoms with E-state index >= 15 is 9.59 Å². The van der Waals surface area contributed by atoms with Crippen molar-refractivity contribution in [1.82, 2.24) is 9.78 Å². The number of nitrogens with zero attached hydrogens (tertiary/aromatic N) is 4. The zero-order chi connectivity index (χ0) is 39.5. The largest absolute Gasteiger partial charge is 0.507 e. The number of carbonyl (C=O) groups is 4. The fourth-order valence-corrected chi connectivity index (χ4v) is 11.4. The maximum atomic E-state index is 15.3. The summed E-state index contributed by atoms with van der Waals surface area (Å²) in [5, 5.41) is 18.2. The molecule has 56 heavy (non-hydrogen) atoms. The number of amides is 4. The van der Waals surface area contributed by atoms with Crippen LogP contribution in [0.25, 0.3) is 20.7 Å². The molecule has 2 aliphatic heterocycles. The summed E-state index contributed by atoms with van der Waals surface area (Å²) in [5.74, 6) is -4.60. The fraction of sp³-hybridized carbons (Fsp3) is 0.310. The number of fused-ring (bicyclic) bond motifs is 5. The standard InChI is InChI=1S/C42H36ClIN4O7S/c1-19-26-14-20(43)6-13-32(26)56-37(19)29-18-33(46(3)45-29)48-39(51)28-17-27-24(11-12-25-34(27)40(52)47(38(25)50)22-9-7-21(44)8-10-22)36(42(28,2)41(48)53)35-30(49)15-23(54-4)16-31(35)55-5/h6-11,13-16,18,25,27-28,34,36,49H,12,17H2,1-5H3/t25-,27+,28-,34-,36+,42+/m0/s1. The number of aromatic hydroxyl groups is 1. The molecule has 4 aliphatic rings. The van der Waals surface area contributed by atoms with E-state index in [4.69, 9.17) is 26.2 Å². The number of thiophene rings is 1. The second-order valence-corrected chi connectivity index (χ2v) is 17.9. The lowest BCUT2D eigenvalue weighted by Gasteiger charge is -2.49. The first kappa shape index (κ1) is 36.9. The van der Waals surface area contributed by atoms with E-state index in [1.165, 1.54) is 30.1 Å². The Bertz CT molecular complexity index is 2580. The highest BCUT2D eigenvalue weighted by Crippen LogP contribution is 2.66. The topological polar surface area (TPSA) is 131 Å². The molecule has 4 heterocycles. The van der Waals surface area contributed by atoms with Crippen LogP contribution in [-0.4, -0.2) is 52.7 Å². The average molecular weight is 903 g/mol. The quantitative estimate of drug-likeness (QED) is 0.103. The number of rotatable bonds is 6. The van der Waals surface area contributed by atoms with E-state index in [1.807, 2.05) is 43.3 Å². The zero-order valence-electron chi connectivity index (χ0n) is 31.0. The molecule has 2 aliphatic carbocycles. The summed E-state index contributed by atoms with van der Waals surface area (Å²) >= 11 is 10.1. The first-order valence-corrected chi connectivity index (χ1v) is 20.4. The molecule has 3 fully saturated rings. The number of halogens is 2. The Balaban J connectivity index is 1.18. The number of anilines is 2. The van der Waals surface area contributed by atoms with Crippen LogP contribution < -0.4 is 19.3 Å². The summed E-state index contributed by atoms with van der Waals surface area (Å²) in [4.78, 5) is 62.2. The van der Waals surface area contributed by atoms with Gasteiger partial charge in [0.1, 0.15) is 28.8 Å². The van der Waals surface area contributed by atoms with Crippen molar-refractivity contribution in [3.63, 3.8) is 0 Å². The molecule has 11 nitrogen and oxygen atoms in total. The van der Waals surface area contributed by atoms with Gasteiger partial charge in [-0.2, -0.15) is 5.10 Å². The maximum absolute atomic E-state index is 15.3. The number of aryl methyl sites for hydroxylation is 2. The molecule has 4 amide bonds. The molecule has 0 radical (unpaired) electrons. The SMILES string of the molecule is COc1cc(O)c([C@H]2C3=CC[C@@H]4C(=O)N(c5ccc(I)cc5)C(=O)[C@@H]4[C@@H]3C[C@H]3C(=O)N(c4cc(-c5sc6ccc(Cl)cc6c5C)nn4C)C(=O)[C@@]23C)c(OC)c1. The van der Waals surface area contributed by atoms with Gasteiger partial charge in [0.2, 0.25) is 23.6 Å². The highest BCUT2D eigenvalue weighted by molar-refractivity contribution is 14.1. The third-order valence-electron chi connectivity index (χ3n) is 12.4. The van der Waals surface area contributed by atoms with Crippen molar-refractivity contribution < 1.29 is 33.8 Å². The van der Waals surface area contributed by atoms with Crippen molar-refractivity contribution in [2.45, 2.75) is 32.6 Å². The van der Waals surface area contributed by atoms with Gasteiger partial charge in [-0.3, -0.25) is 28.8 Å². The number of benzene rings is 3. The molecule has 1 saturated carbocycles. The molecule has 0 bridgehead atoms. The van der Waals surface area contributed by atoms with E-state index in [2.05, 4.69) is 22.6 Å². The number of hydrogen-bond acceptors (Lipinski definition) is 9. The molecule has 2 saturated heterocycles. The fourth-order valence-electron chi connectivity index (χ4n) is 9.77. The van der Waals surface area contributed by atoms with Crippen molar-refractivity contribution in [2.24, 2.45) is 36.1 Å². The van der Waals surface area contributed by atoms with Gasteiger partial charge in [0, 0.05) is 50.0 Å². The maximum Gasteiger partial charge on any atom is 0.242 e. The van der Waals surface area contributed by atoms with Crippen LogP contribution in [0.2, 0.25) is 5.02 Å². The second-order valence-electron chi connectivity index (χ2n) is 15.1. The van der Waals surface area contributed by atoms with Crippen LogP contribution in [0.3, 0.4) is 0 Å². The summed E-state index contributed by atoms with van der Waals surface area (Å²) in [5.41, 5.74) is 1.69. The van der Waals surface area contributed by atoms with Gasteiger partial charge in [0.15, 0.2) is 0 Å². The molecule has 2 aromatic heterocycles. The lowest BCUT2D eigenvalue weighted by molar-refractivity contribution is -0.131. The Morgan fingerprint density at radius 1 is 0.946 bits per heavy atom. The number of carbonyl (C=O) groups excluding carboxylic acids is 4. The van der Waals surface area contributed by atoms with E-state index in [1.54, 1.807) is 54.3 Å². The molecule has 6 atom stereocenters. The summed E-state index contributed by atoms with van der Waals surface area (Å²) in [6.07, 6.45) is 2.36. The molecule has 9 rings (SSSR count). The Morgan fingerprint density at radius 2 is 1.70 bits per heavy atom. The van der Waals surface area contributed by atoms with Gasteiger partial charge in [-0.05, 0) is 109 Å². The predicted octanol–water partition coefficient (Wildman–Crippen LogP) is 8.03. The van der Waals surface area contributed by atoms with Crippen LogP contribution in [0.15, 0.2) is 72.3 Å². The minimum absolute atomic E-state index is 0.154. The monoisotopic (exact) mass is 902 g/mol. The van der Waals surface area contributed by atoms with Crippen molar-refractivity contribution in [3.05, 3.63) is 92.0 Å². The summed E-state index contributed by atoms with van der Waals surface area (Å²) in [7, 11) is 4.65. The number of ether oxygens (including phenoxy) is 2. The van der Waals surface area contributed by atoms with Gasteiger partial charge >= 0.3 is 0 Å². The van der Waals surface area contributed by atoms with Gasteiger partial charge in [-0.1, -0.05) is 23.3 Å². The van der Waals surface area contributed by atoms with Crippen LogP contribution in [-0.2, 0) is 26.2 Å². The van der Waals surface area contributed by atoms with Crippen molar-refractivity contribution >= 4 is 90.7 Å². The summed E-state index contributed by atoms with van der Waals surface area (Å²) in [6.45, 7) is 3.77. The molecular weight excluding hydrogens is 867 g/mol. The molecule has 0 unspecified atom stereocenters. The number of methoxy groups -OCH3 is 2. The first-order chi connectivity index (χ1) is 26.8. The first-order valence-electron chi connectivity index (χ1n) is 18.2. The van der Waals surface area contributed by atoms with E-state index in [0.29, 0.717) is 33.5 Å². The number of phenolic OH excluding ortho intramolecular Hbond substituents is 1. The molecule has 3 aromatic carbocycles. The van der Waals surface area contributed by atoms with Crippen LogP contribution >= 0.6 is 45.5 Å². The van der Waals surface area contributed by atoms with Gasteiger partial charge < -0.3 is 14.6 Å². The highest BCUT2D eigenvalue weighted by atomic mass is 127. The Kier molecular flexibility index (Phi) is 8.67. The van der Waals surface area contributed by atoms with E-state index in [9.17, 15) is 14.7 Å². The number of allylic oxidation sites excluding steroid dienone is 2. The summed E-state index contributed by atoms with van der Waals surface area (Å²) < 4.78 is 14.9. The van der Waals surface area contributed by atoms with E-state index < -0.39 is 46.8 Å². The average Bonchev–Trinajstić information content (AvgIpc) is 3.85. The van der Waals surface area contributed by atoms with Gasteiger partial charge in [0.25, 0.3) is 0 Å². The molecule has 1 N–H and O–H groups in total. The van der Waals surface area contributed by atoms with Crippen LogP contribution in [0.5, 0.6) is 17.2 Å². The second kappa shape index (κ2) is 13.2. The van der Waals surface area contributed by atoms with Crippen LogP contribution in [0.4, 0.5) is 11.5 Å². The third-order valence-corrected chi connectivity index (χ3v) is 14.7. The molecule has 286 valence electrons. The van der Waals surface area contributed by atoms with E-state index in [0.717, 1.165) is 29.7 Å². The Morgan fingerprint density at radius 3 is 2.41 bits per heavy atom. The lowest BCUT2D eigenvalue weighted by Crippen LogP contribution is -2.49. The minimum atomic E-state index is -1.43. The van der Waals surface area contributed by atoms with Crippen molar-refractivity contribution in [1.29, 1.82) is 0 Å². The zero-order valence-corrected chi connectivity index (χ0v) is 34.7. The molecule has 14 heteroatoms. The smallest absolute Gasteiger partial charge is 0.242 e. The van der Waals surface area contributed by atoms with Crippen molar-refractivity contribution in [2.75, 3.05) is 24.0 Å². The van der Waals surface area contributed by atoms with Gasteiger partial charge in [-0.15, -0.1) is 11.3 Å². The number of aromatic nitrogens is 2. The number of imide groups is 2. The number of phenols is 1. The van der Waals surface area contributed by atoms with Gasteiger partial charge in [-0.25, -0.2) is 4.90 Å². The Hall–Kier alpha value is -4.73. The number of hydrogen-bond donors (Lipinski definition) is 1. The molecule has 5 aromatic rings. The summed E-state index contributed by atoms with van der Waals surface area (Å²) in [6, 6.07) is 17.8. The van der Waals surface area contributed by atoms with Crippen LogP contribution in [0.1, 0.15) is 36.8 Å². The predicted molar refractivity (Wildman–Crippen MR) is 221 cm³/mol. The molecular formula is C42H36ClIN4O7S.